The first kappa shape index (κ1) is 15.4. The second-order valence-corrected chi connectivity index (χ2v) is 5.04. The summed E-state index contributed by atoms with van der Waals surface area (Å²) in [6.07, 6.45) is 0. The van der Waals surface area contributed by atoms with Crippen LogP contribution in [0.15, 0.2) is 34.8 Å². The summed E-state index contributed by atoms with van der Waals surface area (Å²) >= 11 is 3.20. The summed E-state index contributed by atoms with van der Waals surface area (Å²) < 4.78 is 39.9. The molecule has 0 fully saturated rings. The number of aromatic carboxylic acids is 1. The third kappa shape index (κ3) is 3.36. The van der Waals surface area contributed by atoms with Crippen LogP contribution in [0.5, 0.6) is 0 Å². The zero-order chi connectivity index (χ0) is 15.6. The number of carbonyl (C=O) groups is 1. The Morgan fingerprint density at radius 2 is 1.86 bits per heavy atom. The first-order valence-electron chi connectivity index (χ1n) is 5.79. The third-order valence-corrected chi connectivity index (χ3v) is 3.54. The maximum atomic E-state index is 13.5. The maximum absolute atomic E-state index is 13.5. The Kier molecular flexibility index (Phi) is 4.52. The molecule has 0 saturated carbocycles. The van der Waals surface area contributed by atoms with E-state index in [-0.39, 0.29) is 17.8 Å². The van der Waals surface area contributed by atoms with Gasteiger partial charge in [-0.25, -0.2) is 18.0 Å². The van der Waals surface area contributed by atoms with Crippen LogP contribution in [0.3, 0.4) is 0 Å². The van der Waals surface area contributed by atoms with E-state index in [4.69, 9.17) is 5.11 Å². The average Bonchev–Trinajstić information content (AvgIpc) is 2.45. The topological polar surface area (TPSA) is 49.3 Å². The van der Waals surface area contributed by atoms with Crippen molar-refractivity contribution in [1.82, 2.24) is 0 Å². The van der Waals surface area contributed by atoms with Crippen LogP contribution in [-0.2, 0) is 6.54 Å². The second-order valence-electron chi connectivity index (χ2n) is 4.19. The van der Waals surface area contributed by atoms with Gasteiger partial charge < -0.3 is 10.4 Å². The highest BCUT2D eigenvalue weighted by Gasteiger charge is 2.13. The molecule has 0 aromatic heterocycles. The summed E-state index contributed by atoms with van der Waals surface area (Å²) in [6, 6.07) is 6.25. The Morgan fingerprint density at radius 3 is 2.48 bits per heavy atom. The number of rotatable bonds is 4. The molecule has 0 atom stereocenters. The van der Waals surface area contributed by atoms with Crippen molar-refractivity contribution in [3.8, 4) is 0 Å². The van der Waals surface area contributed by atoms with Crippen LogP contribution in [0.2, 0.25) is 0 Å². The molecule has 110 valence electrons. The highest BCUT2D eigenvalue weighted by Crippen LogP contribution is 2.23. The van der Waals surface area contributed by atoms with E-state index in [9.17, 15) is 18.0 Å². The van der Waals surface area contributed by atoms with Gasteiger partial charge in [-0.1, -0.05) is 22.0 Å². The van der Waals surface area contributed by atoms with Gasteiger partial charge in [0.1, 0.15) is 0 Å². The van der Waals surface area contributed by atoms with Crippen LogP contribution in [0, 0.1) is 17.5 Å². The molecule has 2 N–H and O–H groups in total. The fraction of sp³-hybridized carbons (Fsp3) is 0.0714. The molecule has 0 aliphatic carbocycles. The van der Waals surface area contributed by atoms with Gasteiger partial charge in [0.2, 0.25) is 0 Å². The summed E-state index contributed by atoms with van der Waals surface area (Å²) in [4.78, 5) is 10.8. The zero-order valence-corrected chi connectivity index (χ0v) is 12.0. The lowest BCUT2D eigenvalue weighted by molar-refractivity contribution is 0.0697. The van der Waals surface area contributed by atoms with Gasteiger partial charge >= 0.3 is 5.97 Å². The molecule has 2 aromatic rings. The summed E-state index contributed by atoms with van der Waals surface area (Å²) in [5, 5.41) is 11.5. The molecule has 0 spiro atoms. The molecule has 7 heteroatoms. The molecule has 0 bridgehead atoms. The van der Waals surface area contributed by atoms with E-state index in [1.165, 1.54) is 12.1 Å². The normalized spacial score (nSPS) is 10.5. The van der Waals surface area contributed by atoms with E-state index < -0.39 is 23.4 Å². The number of benzene rings is 2. The van der Waals surface area contributed by atoms with Crippen LogP contribution < -0.4 is 5.32 Å². The van der Waals surface area contributed by atoms with E-state index >= 15 is 0 Å². The number of anilines is 1. The van der Waals surface area contributed by atoms with Gasteiger partial charge in [0.25, 0.3) is 0 Å². The Hall–Kier alpha value is -2.02. The number of hydrogen-bond acceptors (Lipinski definition) is 2. The van der Waals surface area contributed by atoms with Gasteiger partial charge in [-0.2, -0.15) is 0 Å². The monoisotopic (exact) mass is 359 g/mol. The first-order valence-corrected chi connectivity index (χ1v) is 6.58. The largest absolute Gasteiger partial charge is 0.478 e. The Bertz CT molecular complexity index is 707. The van der Waals surface area contributed by atoms with Crippen LogP contribution in [0.1, 0.15) is 15.9 Å². The quantitative estimate of drug-likeness (QED) is 0.805. The summed E-state index contributed by atoms with van der Waals surface area (Å²) in [5.74, 6) is -5.17. The summed E-state index contributed by atoms with van der Waals surface area (Å²) in [5.41, 5.74) is 0.567. The van der Waals surface area contributed by atoms with Crippen LogP contribution >= 0.6 is 15.9 Å². The smallest absolute Gasteiger partial charge is 0.335 e. The van der Waals surface area contributed by atoms with Crippen molar-refractivity contribution in [1.29, 1.82) is 0 Å². The molecule has 0 radical (unpaired) electrons. The zero-order valence-electron chi connectivity index (χ0n) is 10.5. The molecule has 2 aromatic carbocycles. The van der Waals surface area contributed by atoms with Crippen molar-refractivity contribution in [3.63, 3.8) is 0 Å². The van der Waals surface area contributed by atoms with Crippen molar-refractivity contribution in [2.24, 2.45) is 0 Å². The van der Waals surface area contributed by atoms with Crippen molar-refractivity contribution in [3.05, 3.63) is 63.4 Å². The van der Waals surface area contributed by atoms with Gasteiger partial charge in [0.15, 0.2) is 17.5 Å². The number of carboxylic acids is 1. The minimum atomic E-state index is -1.54. The SMILES string of the molecule is O=C(O)c1ccc(CNc2ccc(F)c(F)c2F)c(Br)c1. The lowest BCUT2D eigenvalue weighted by atomic mass is 10.1. The van der Waals surface area contributed by atoms with Gasteiger partial charge in [0.05, 0.1) is 11.3 Å². The molecule has 2 rings (SSSR count). The number of carboxylic acid groups (broad SMARTS) is 1. The molecule has 0 aliphatic heterocycles. The summed E-state index contributed by atoms with van der Waals surface area (Å²) in [6.45, 7) is 0.114. The van der Waals surface area contributed by atoms with Gasteiger partial charge in [-0.15, -0.1) is 0 Å². The fourth-order valence-corrected chi connectivity index (χ4v) is 2.20. The molecule has 3 nitrogen and oxygen atoms in total. The fourth-order valence-electron chi connectivity index (χ4n) is 1.68. The van der Waals surface area contributed by atoms with E-state index in [0.29, 0.717) is 10.0 Å². The molecule has 0 unspecified atom stereocenters. The predicted octanol–water partition coefficient (Wildman–Crippen LogP) is 4.18. The van der Waals surface area contributed by atoms with Gasteiger partial charge in [-0.05, 0) is 29.8 Å². The van der Waals surface area contributed by atoms with E-state index in [1.54, 1.807) is 6.07 Å². The Balaban J connectivity index is 2.17. The van der Waals surface area contributed by atoms with Crippen LogP contribution in [-0.4, -0.2) is 11.1 Å². The highest BCUT2D eigenvalue weighted by atomic mass is 79.9. The van der Waals surface area contributed by atoms with Crippen molar-refractivity contribution in [2.75, 3.05) is 5.32 Å². The number of hydrogen-bond donors (Lipinski definition) is 2. The molecule has 0 amide bonds. The highest BCUT2D eigenvalue weighted by molar-refractivity contribution is 9.10. The third-order valence-electron chi connectivity index (χ3n) is 2.80. The molecule has 0 heterocycles. The Labute approximate surface area is 126 Å². The van der Waals surface area contributed by atoms with E-state index in [0.717, 1.165) is 12.1 Å². The van der Waals surface area contributed by atoms with Crippen LogP contribution in [0.25, 0.3) is 0 Å². The van der Waals surface area contributed by atoms with E-state index in [2.05, 4.69) is 21.2 Å². The van der Waals surface area contributed by atoms with Crippen LogP contribution in [0.4, 0.5) is 18.9 Å². The van der Waals surface area contributed by atoms with Crippen molar-refractivity contribution >= 4 is 27.6 Å². The lowest BCUT2D eigenvalue weighted by Crippen LogP contribution is -2.05. The van der Waals surface area contributed by atoms with E-state index in [1.807, 2.05) is 0 Å². The van der Waals surface area contributed by atoms with Gasteiger partial charge in [-0.3, -0.25) is 0 Å². The second kappa shape index (κ2) is 6.17. The molecule has 0 aliphatic rings. The minimum Gasteiger partial charge on any atom is -0.478 e. The number of nitrogens with one attached hydrogen (secondary N) is 1. The summed E-state index contributed by atoms with van der Waals surface area (Å²) in [7, 11) is 0. The number of halogens is 4. The predicted molar refractivity (Wildman–Crippen MR) is 74.7 cm³/mol. The average molecular weight is 360 g/mol. The molecular formula is C14H9BrF3NO2. The minimum absolute atomic E-state index is 0.102. The van der Waals surface area contributed by atoms with Gasteiger partial charge in [0, 0.05) is 11.0 Å². The lowest BCUT2D eigenvalue weighted by Gasteiger charge is -2.10. The maximum Gasteiger partial charge on any atom is 0.335 e. The Morgan fingerprint density at radius 1 is 1.14 bits per heavy atom. The standard InChI is InChI=1S/C14H9BrF3NO2/c15-9-5-7(14(20)21)1-2-8(9)6-19-11-4-3-10(16)12(17)13(11)18/h1-5,19H,6H2,(H,20,21). The molecular weight excluding hydrogens is 351 g/mol. The molecule has 21 heavy (non-hydrogen) atoms. The van der Waals surface area contributed by atoms with Crippen molar-refractivity contribution < 1.29 is 23.1 Å². The first-order chi connectivity index (χ1) is 9.90. The van der Waals surface area contributed by atoms with Crippen molar-refractivity contribution in [2.45, 2.75) is 6.54 Å². The molecule has 0 saturated heterocycles.